The van der Waals surface area contributed by atoms with E-state index in [1.807, 2.05) is 13.0 Å². The summed E-state index contributed by atoms with van der Waals surface area (Å²) >= 11 is 0. The highest BCUT2D eigenvalue weighted by atomic mass is 16.1. The number of hydrogen-bond acceptors (Lipinski definition) is 3. The summed E-state index contributed by atoms with van der Waals surface area (Å²) in [5.41, 5.74) is 2.92. The number of anilines is 1. The Morgan fingerprint density at radius 2 is 2.20 bits per heavy atom. The number of nitrogens with zero attached hydrogens (tertiary/aromatic N) is 2. The molecule has 1 heterocycles. The molecule has 0 aliphatic heterocycles. The van der Waals surface area contributed by atoms with Gasteiger partial charge in [-0.15, -0.1) is 0 Å². The molecule has 0 bridgehead atoms. The van der Waals surface area contributed by atoms with Crippen LogP contribution in [0.15, 0.2) is 48.7 Å². The van der Waals surface area contributed by atoms with Crippen LogP contribution in [0.3, 0.4) is 0 Å². The summed E-state index contributed by atoms with van der Waals surface area (Å²) in [6, 6.07) is 12.6. The number of nitriles is 1. The molecule has 0 saturated carbocycles. The molecule has 2 rings (SSSR count). The molecule has 0 radical (unpaired) electrons. The van der Waals surface area contributed by atoms with Gasteiger partial charge in [-0.2, -0.15) is 5.26 Å². The zero-order valence-electron chi connectivity index (χ0n) is 11.0. The number of carbonyl (C=O) groups is 1. The molecule has 0 aliphatic carbocycles. The molecule has 1 N–H and O–H groups in total. The first kappa shape index (κ1) is 13.5. The highest BCUT2D eigenvalue weighted by Crippen LogP contribution is 2.08. The summed E-state index contributed by atoms with van der Waals surface area (Å²) in [5.74, 6) is -0.224. The smallest absolute Gasteiger partial charge is 0.248 e. The fourth-order valence-corrected chi connectivity index (χ4v) is 1.69. The SMILES string of the molecule is Cc1cc(NC(=O)/C=C\c2cccc(C#N)c2)ccn1. The number of aromatic nitrogens is 1. The number of amides is 1. The van der Waals surface area contributed by atoms with Crippen molar-refractivity contribution < 1.29 is 4.79 Å². The van der Waals surface area contributed by atoms with Crippen molar-refractivity contribution >= 4 is 17.7 Å². The molecular weight excluding hydrogens is 250 g/mol. The highest BCUT2D eigenvalue weighted by molar-refractivity contribution is 6.01. The number of pyridine rings is 1. The predicted octanol–water partition coefficient (Wildman–Crippen LogP) is 2.91. The summed E-state index contributed by atoms with van der Waals surface area (Å²) in [6.07, 6.45) is 4.75. The molecule has 20 heavy (non-hydrogen) atoms. The molecule has 1 aromatic carbocycles. The summed E-state index contributed by atoms with van der Waals surface area (Å²) < 4.78 is 0. The van der Waals surface area contributed by atoms with E-state index in [1.54, 1.807) is 42.6 Å². The van der Waals surface area contributed by atoms with Gasteiger partial charge in [-0.25, -0.2) is 0 Å². The number of aryl methyl sites for hydroxylation is 1. The number of nitrogens with one attached hydrogen (secondary N) is 1. The Hall–Kier alpha value is -2.93. The minimum Gasteiger partial charge on any atom is -0.322 e. The normalized spacial score (nSPS) is 10.2. The fraction of sp³-hybridized carbons (Fsp3) is 0.0625. The number of benzene rings is 1. The molecule has 0 atom stereocenters. The molecule has 1 aromatic heterocycles. The van der Waals surface area contributed by atoms with Crippen molar-refractivity contribution in [2.45, 2.75) is 6.92 Å². The molecule has 98 valence electrons. The molecule has 0 aliphatic rings. The highest BCUT2D eigenvalue weighted by Gasteiger charge is 1.98. The van der Waals surface area contributed by atoms with Crippen molar-refractivity contribution in [1.82, 2.24) is 4.98 Å². The Balaban J connectivity index is 2.04. The Kier molecular flexibility index (Phi) is 4.25. The molecule has 4 heteroatoms. The van der Waals surface area contributed by atoms with Gasteiger partial charge in [0.25, 0.3) is 0 Å². The quantitative estimate of drug-likeness (QED) is 0.866. The maximum atomic E-state index is 11.8. The van der Waals surface area contributed by atoms with Crippen molar-refractivity contribution in [3.8, 4) is 6.07 Å². The summed E-state index contributed by atoms with van der Waals surface area (Å²) in [4.78, 5) is 15.8. The van der Waals surface area contributed by atoms with Crippen LogP contribution in [-0.2, 0) is 4.79 Å². The van der Waals surface area contributed by atoms with Crippen LogP contribution in [0.4, 0.5) is 5.69 Å². The van der Waals surface area contributed by atoms with E-state index in [9.17, 15) is 4.79 Å². The van der Waals surface area contributed by atoms with Crippen LogP contribution in [0.2, 0.25) is 0 Å². The van der Waals surface area contributed by atoms with E-state index in [1.165, 1.54) is 6.08 Å². The van der Waals surface area contributed by atoms with Crippen molar-refractivity contribution in [2.75, 3.05) is 5.32 Å². The van der Waals surface area contributed by atoms with Gasteiger partial charge >= 0.3 is 0 Å². The van der Waals surface area contributed by atoms with E-state index in [0.717, 1.165) is 11.3 Å². The van der Waals surface area contributed by atoms with Crippen LogP contribution in [0.25, 0.3) is 6.08 Å². The van der Waals surface area contributed by atoms with Gasteiger partial charge in [-0.1, -0.05) is 12.1 Å². The van der Waals surface area contributed by atoms with Crippen LogP contribution < -0.4 is 5.32 Å². The van der Waals surface area contributed by atoms with Gasteiger partial charge in [-0.3, -0.25) is 9.78 Å². The largest absolute Gasteiger partial charge is 0.322 e. The minimum absolute atomic E-state index is 0.224. The maximum absolute atomic E-state index is 11.8. The first-order valence-electron chi connectivity index (χ1n) is 6.09. The number of rotatable bonds is 3. The summed E-state index contributed by atoms with van der Waals surface area (Å²) in [7, 11) is 0. The van der Waals surface area contributed by atoms with E-state index >= 15 is 0 Å². The van der Waals surface area contributed by atoms with Gasteiger partial charge < -0.3 is 5.32 Å². The van der Waals surface area contributed by atoms with Gasteiger partial charge in [-0.05, 0) is 42.8 Å². The lowest BCUT2D eigenvalue weighted by atomic mass is 10.1. The molecule has 4 nitrogen and oxygen atoms in total. The first-order chi connectivity index (χ1) is 9.67. The molecule has 0 saturated heterocycles. The maximum Gasteiger partial charge on any atom is 0.248 e. The topological polar surface area (TPSA) is 65.8 Å². The lowest BCUT2D eigenvalue weighted by Crippen LogP contribution is -2.07. The molecule has 1 amide bonds. The lowest BCUT2D eigenvalue weighted by Gasteiger charge is -2.02. The molecule has 0 unspecified atom stereocenters. The second-order valence-corrected chi connectivity index (χ2v) is 4.25. The average Bonchev–Trinajstić information content (AvgIpc) is 2.45. The van der Waals surface area contributed by atoms with E-state index in [-0.39, 0.29) is 5.91 Å². The minimum atomic E-state index is -0.224. The lowest BCUT2D eigenvalue weighted by molar-refractivity contribution is -0.111. The Bertz CT molecular complexity index is 699. The van der Waals surface area contributed by atoms with Crippen LogP contribution >= 0.6 is 0 Å². The molecular formula is C16H13N3O. The third kappa shape index (κ3) is 3.79. The van der Waals surface area contributed by atoms with Crippen LogP contribution in [0, 0.1) is 18.3 Å². The fourth-order valence-electron chi connectivity index (χ4n) is 1.69. The van der Waals surface area contributed by atoms with E-state index < -0.39 is 0 Å². The third-order valence-corrected chi connectivity index (χ3v) is 2.61. The van der Waals surface area contributed by atoms with Crippen LogP contribution in [0.5, 0.6) is 0 Å². The van der Waals surface area contributed by atoms with Gasteiger partial charge in [0.05, 0.1) is 11.6 Å². The van der Waals surface area contributed by atoms with Gasteiger partial charge in [0.2, 0.25) is 5.91 Å². The standard InChI is InChI=1S/C16H13N3O/c1-12-9-15(7-8-18-12)19-16(20)6-5-13-3-2-4-14(10-13)11-17/h2-10H,1H3,(H,18,19,20)/b6-5-. The second-order valence-electron chi connectivity index (χ2n) is 4.25. The Morgan fingerprint density at radius 1 is 1.35 bits per heavy atom. The van der Waals surface area contributed by atoms with Crippen molar-refractivity contribution in [1.29, 1.82) is 5.26 Å². The zero-order valence-corrected chi connectivity index (χ0v) is 11.0. The Morgan fingerprint density at radius 3 is 2.95 bits per heavy atom. The summed E-state index contributed by atoms with van der Waals surface area (Å²) in [6.45, 7) is 1.86. The van der Waals surface area contributed by atoms with E-state index in [0.29, 0.717) is 11.3 Å². The average molecular weight is 263 g/mol. The Labute approximate surface area is 117 Å². The molecule has 0 spiro atoms. The molecule has 0 fully saturated rings. The second kappa shape index (κ2) is 6.30. The first-order valence-corrected chi connectivity index (χ1v) is 6.09. The summed E-state index contributed by atoms with van der Waals surface area (Å²) in [5, 5.41) is 11.6. The van der Waals surface area contributed by atoms with E-state index in [2.05, 4.69) is 16.4 Å². The van der Waals surface area contributed by atoms with Gasteiger partial charge in [0.15, 0.2) is 0 Å². The third-order valence-electron chi connectivity index (χ3n) is 2.61. The molecule has 2 aromatic rings. The monoisotopic (exact) mass is 263 g/mol. The van der Waals surface area contributed by atoms with Crippen molar-refractivity contribution in [3.63, 3.8) is 0 Å². The van der Waals surface area contributed by atoms with Crippen molar-refractivity contribution in [2.24, 2.45) is 0 Å². The number of carbonyl (C=O) groups excluding carboxylic acids is 1. The van der Waals surface area contributed by atoms with Gasteiger partial charge in [0, 0.05) is 23.7 Å². The predicted molar refractivity (Wildman–Crippen MR) is 77.8 cm³/mol. The number of hydrogen-bond donors (Lipinski definition) is 1. The van der Waals surface area contributed by atoms with Gasteiger partial charge in [0.1, 0.15) is 0 Å². The van der Waals surface area contributed by atoms with E-state index in [4.69, 9.17) is 5.26 Å². The van der Waals surface area contributed by atoms with Crippen LogP contribution in [0.1, 0.15) is 16.8 Å². The van der Waals surface area contributed by atoms with Crippen LogP contribution in [-0.4, -0.2) is 10.9 Å². The van der Waals surface area contributed by atoms with Crippen molar-refractivity contribution in [3.05, 3.63) is 65.5 Å². The zero-order chi connectivity index (χ0) is 14.4.